The van der Waals surface area contributed by atoms with Crippen LogP contribution in [-0.4, -0.2) is 15.2 Å². The molecule has 0 amide bonds. The van der Waals surface area contributed by atoms with Gasteiger partial charge in [-0.1, -0.05) is 139 Å². The second-order valence-corrected chi connectivity index (χ2v) is 17.5. The third-order valence-corrected chi connectivity index (χ3v) is 13.4. The summed E-state index contributed by atoms with van der Waals surface area (Å²) in [7, 11) is 0. The molecular formula is C62H48N4. The van der Waals surface area contributed by atoms with Gasteiger partial charge in [0.2, 0.25) is 0 Å². The van der Waals surface area contributed by atoms with Crippen molar-refractivity contribution in [2.75, 3.05) is 9.80 Å². The Bertz CT molecular complexity index is 3610. The minimum atomic E-state index is 0.181. The van der Waals surface area contributed by atoms with E-state index in [-0.39, 0.29) is 6.04 Å². The second-order valence-electron chi connectivity index (χ2n) is 17.5. The maximum absolute atomic E-state index is 2.51. The predicted molar refractivity (Wildman–Crippen MR) is 280 cm³/mol. The first-order valence-corrected chi connectivity index (χ1v) is 22.9. The van der Waals surface area contributed by atoms with Gasteiger partial charge in [-0.05, 0) is 141 Å². The third kappa shape index (κ3) is 6.86. The molecule has 4 heteroatoms. The molecule has 1 aliphatic rings. The molecule has 0 spiro atoms. The Kier molecular flexibility index (Phi) is 9.72. The number of rotatable bonds is 9. The topological polar surface area (TPSA) is 16.3 Å². The van der Waals surface area contributed by atoms with Gasteiger partial charge in [0.15, 0.2) is 0 Å². The fourth-order valence-corrected chi connectivity index (χ4v) is 10.1. The molecule has 11 aromatic rings. The molecular weight excluding hydrogens is 801 g/mol. The van der Waals surface area contributed by atoms with E-state index in [9.17, 15) is 0 Å². The molecule has 2 heterocycles. The minimum absolute atomic E-state index is 0.181. The van der Waals surface area contributed by atoms with E-state index in [4.69, 9.17) is 0 Å². The number of hydrogen-bond donors (Lipinski definition) is 0. The van der Waals surface area contributed by atoms with E-state index in [1.807, 2.05) is 0 Å². The zero-order chi connectivity index (χ0) is 44.1. The molecule has 1 atom stereocenters. The van der Waals surface area contributed by atoms with Crippen LogP contribution in [0.2, 0.25) is 0 Å². The smallest absolute Gasteiger partial charge is 0.0560 e. The van der Waals surface area contributed by atoms with Crippen molar-refractivity contribution in [3.8, 4) is 22.5 Å². The van der Waals surface area contributed by atoms with Crippen molar-refractivity contribution < 1.29 is 0 Å². The standard InChI is InChI=1S/C62H48N4/c1-43-21-29-49(30-22-43)63(53-37-39-61-57(41-53)55-17-9-11-19-59(55)65(61)47-13-5-3-6-14-47)51-33-25-45(26-34-51)46-27-35-52(36-28-46)64(50-31-23-44(2)24-32-50)54-38-40-62-58(42-54)56-18-10-12-20-60(56)66(62)48-15-7-4-8-16-48/h3-31,33-42,50H,32H2,1-2H3/t50-/m0/s1. The van der Waals surface area contributed by atoms with Crippen LogP contribution in [0.15, 0.2) is 242 Å². The number of aryl methyl sites for hydroxylation is 1. The van der Waals surface area contributed by atoms with Gasteiger partial charge in [0.1, 0.15) is 0 Å². The maximum Gasteiger partial charge on any atom is 0.0560 e. The van der Waals surface area contributed by atoms with Crippen molar-refractivity contribution in [2.45, 2.75) is 26.3 Å². The van der Waals surface area contributed by atoms with Crippen LogP contribution in [0.1, 0.15) is 18.9 Å². The Labute approximate surface area is 385 Å². The molecule has 0 aliphatic heterocycles. The van der Waals surface area contributed by atoms with Gasteiger partial charge in [-0.15, -0.1) is 0 Å². The van der Waals surface area contributed by atoms with Crippen LogP contribution < -0.4 is 9.80 Å². The summed E-state index contributed by atoms with van der Waals surface area (Å²) in [5.74, 6) is 0. The van der Waals surface area contributed by atoms with Crippen LogP contribution in [0, 0.1) is 6.92 Å². The molecule has 0 unspecified atom stereocenters. The van der Waals surface area contributed by atoms with E-state index in [0.717, 1.165) is 29.2 Å². The molecule has 66 heavy (non-hydrogen) atoms. The Morgan fingerprint density at radius 1 is 0.394 bits per heavy atom. The molecule has 1 aliphatic carbocycles. The average molecular weight is 849 g/mol. The van der Waals surface area contributed by atoms with Gasteiger partial charge < -0.3 is 18.9 Å². The number of benzene rings is 9. The van der Waals surface area contributed by atoms with E-state index >= 15 is 0 Å². The summed E-state index contributed by atoms with van der Waals surface area (Å²) in [6, 6.07) is 79.9. The second kappa shape index (κ2) is 16.3. The minimum Gasteiger partial charge on any atom is -0.334 e. The molecule has 316 valence electrons. The van der Waals surface area contributed by atoms with E-state index in [0.29, 0.717) is 0 Å². The number of hydrogen-bond acceptors (Lipinski definition) is 2. The first-order valence-electron chi connectivity index (χ1n) is 22.9. The molecule has 4 nitrogen and oxygen atoms in total. The quantitative estimate of drug-likeness (QED) is 0.144. The van der Waals surface area contributed by atoms with Crippen LogP contribution in [0.25, 0.3) is 66.1 Å². The van der Waals surface area contributed by atoms with Gasteiger partial charge in [0.25, 0.3) is 0 Å². The molecule has 9 aromatic carbocycles. The van der Waals surface area contributed by atoms with Crippen LogP contribution in [-0.2, 0) is 0 Å². The molecule has 0 bridgehead atoms. The molecule has 0 radical (unpaired) electrons. The lowest BCUT2D eigenvalue weighted by molar-refractivity contribution is 0.780. The Hall–Kier alpha value is -8.34. The first-order chi connectivity index (χ1) is 32.6. The third-order valence-electron chi connectivity index (χ3n) is 13.4. The zero-order valence-electron chi connectivity index (χ0n) is 37.1. The number of para-hydroxylation sites is 4. The average Bonchev–Trinajstić information content (AvgIpc) is 3.89. The SMILES string of the molecule is CC1=CC[C@@H](N(c2ccc(-c3ccc(N(c4ccc(C)cc4)c4ccc5c(c4)c4ccccc4n5-c4ccccc4)cc3)cc2)c2ccc3c(c2)c2ccccc2n3-c2ccccc2)C=C1. The fourth-order valence-electron chi connectivity index (χ4n) is 10.1. The number of allylic oxidation sites excluding steroid dienone is 2. The highest BCUT2D eigenvalue weighted by molar-refractivity contribution is 6.11. The summed E-state index contributed by atoms with van der Waals surface area (Å²) in [6.45, 7) is 4.33. The number of nitrogens with zero attached hydrogens (tertiary/aromatic N) is 4. The van der Waals surface area contributed by atoms with Gasteiger partial charge in [0, 0.05) is 61.4 Å². The normalized spacial score (nSPS) is 13.7. The summed E-state index contributed by atoms with van der Waals surface area (Å²) < 4.78 is 4.76. The van der Waals surface area contributed by atoms with Gasteiger partial charge in [0.05, 0.1) is 28.1 Å². The van der Waals surface area contributed by atoms with Gasteiger partial charge in [-0.25, -0.2) is 0 Å². The van der Waals surface area contributed by atoms with E-state index in [1.165, 1.54) is 82.9 Å². The first kappa shape index (κ1) is 39.3. The fraction of sp³-hybridized carbons (Fsp3) is 0.0645. The van der Waals surface area contributed by atoms with Crippen molar-refractivity contribution in [1.82, 2.24) is 9.13 Å². The Morgan fingerprint density at radius 3 is 1.36 bits per heavy atom. The highest BCUT2D eigenvalue weighted by atomic mass is 15.2. The molecule has 2 aromatic heterocycles. The molecule has 0 fully saturated rings. The van der Waals surface area contributed by atoms with E-state index in [1.54, 1.807) is 0 Å². The molecule has 0 saturated carbocycles. The molecule has 12 rings (SSSR count). The summed E-state index contributed by atoms with van der Waals surface area (Å²) in [5, 5.41) is 4.97. The van der Waals surface area contributed by atoms with E-state index in [2.05, 4.69) is 269 Å². The molecule has 0 saturated heterocycles. The number of anilines is 5. The van der Waals surface area contributed by atoms with Crippen LogP contribution in [0.4, 0.5) is 28.4 Å². The highest BCUT2D eigenvalue weighted by Crippen LogP contribution is 2.42. The Morgan fingerprint density at radius 2 is 0.833 bits per heavy atom. The van der Waals surface area contributed by atoms with Crippen molar-refractivity contribution in [3.05, 3.63) is 248 Å². The lowest BCUT2D eigenvalue weighted by Gasteiger charge is -2.33. The highest BCUT2D eigenvalue weighted by Gasteiger charge is 2.23. The molecule has 0 N–H and O–H groups in total. The Balaban J connectivity index is 0.903. The van der Waals surface area contributed by atoms with Crippen LogP contribution in [0.5, 0.6) is 0 Å². The largest absolute Gasteiger partial charge is 0.334 e. The van der Waals surface area contributed by atoms with Gasteiger partial charge in [-0.3, -0.25) is 0 Å². The summed E-state index contributed by atoms with van der Waals surface area (Å²) >= 11 is 0. The monoisotopic (exact) mass is 848 g/mol. The summed E-state index contributed by atoms with van der Waals surface area (Å²) in [4.78, 5) is 4.88. The van der Waals surface area contributed by atoms with Gasteiger partial charge >= 0.3 is 0 Å². The number of fused-ring (bicyclic) bond motifs is 6. The maximum atomic E-state index is 2.51. The van der Waals surface area contributed by atoms with Gasteiger partial charge in [-0.2, -0.15) is 0 Å². The summed E-state index contributed by atoms with van der Waals surface area (Å²) in [6.07, 6.45) is 7.92. The zero-order valence-corrected chi connectivity index (χ0v) is 37.1. The van der Waals surface area contributed by atoms with Crippen LogP contribution >= 0.6 is 0 Å². The lowest BCUT2D eigenvalue weighted by atomic mass is 9.99. The van der Waals surface area contributed by atoms with Crippen molar-refractivity contribution >= 4 is 72.0 Å². The summed E-state index contributed by atoms with van der Waals surface area (Å²) in [5.41, 5.74) is 17.7. The van der Waals surface area contributed by atoms with Crippen molar-refractivity contribution in [3.63, 3.8) is 0 Å². The van der Waals surface area contributed by atoms with E-state index < -0.39 is 0 Å². The lowest BCUT2D eigenvalue weighted by Crippen LogP contribution is -2.30. The number of aromatic nitrogens is 2. The predicted octanol–water partition coefficient (Wildman–Crippen LogP) is 16.7. The van der Waals surface area contributed by atoms with Crippen molar-refractivity contribution in [2.24, 2.45) is 0 Å². The van der Waals surface area contributed by atoms with Crippen LogP contribution in [0.3, 0.4) is 0 Å². The van der Waals surface area contributed by atoms with Crippen molar-refractivity contribution in [1.29, 1.82) is 0 Å².